The van der Waals surface area contributed by atoms with Gasteiger partial charge in [0.1, 0.15) is 17.8 Å². The number of aromatic nitrogens is 2. The molecule has 5 rings (SSSR count). The Labute approximate surface area is 182 Å². The number of hydrogen-bond donors (Lipinski definition) is 1. The zero-order valence-corrected chi connectivity index (χ0v) is 17.0. The third kappa shape index (κ3) is 4.04. The summed E-state index contributed by atoms with van der Waals surface area (Å²) in [5.74, 6) is 0.164. The molecule has 2 aromatic heterocycles. The number of azo groups is 1. The van der Waals surface area contributed by atoms with Crippen molar-refractivity contribution in [3.05, 3.63) is 90.0 Å². The molecule has 0 spiro atoms. The lowest BCUT2D eigenvalue weighted by atomic mass is 10.2. The van der Waals surface area contributed by atoms with Gasteiger partial charge in [-0.3, -0.25) is 4.79 Å². The summed E-state index contributed by atoms with van der Waals surface area (Å²) < 4.78 is 16.2. The highest BCUT2D eigenvalue weighted by Gasteiger charge is 2.17. The van der Waals surface area contributed by atoms with E-state index in [1.54, 1.807) is 36.6 Å². The van der Waals surface area contributed by atoms with Gasteiger partial charge in [0.25, 0.3) is 5.91 Å². The maximum absolute atomic E-state index is 12.1. The third-order valence-electron chi connectivity index (χ3n) is 4.69. The molecule has 9 heteroatoms. The monoisotopic (exact) mass is 427 g/mol. The van der Waals surface area contributed by atoms with Crippen LogP contribution >= 0.6 is 0 Å². The Morgan fingerprint density at radius 2 is 2.06 bits per heavy atom. The highest BCUT2D eigenvalue weighted by atomic mass is 16.5. The van der Waals surface area contributed by atoms with E-state index in [-0.39, 0.29) is 12.4 Å². The molecule has 2 aromatic carbocycles. The highest BCUT2D eigenvalue weighted by molar-refractivity contribution is 6.02. The average molecular weight is 427 g/mol. The lowest BCUT2D eigenvalue weighted by molar-refractivity contribution is 0.0988. The molecule has 3 heterocycles. The fourth-order valence-electron chi connectivity index (χ4n) is 3.13. The van der Waals surface area contributed by atoms with Crippen LogP contribution in [0.15, 0.2) is 91.9 Å². The molecule has 0 saturated carbocycles. The van der Waals surface area contributed by atoms with Crippen LogP contribution in [0.3, 0.4) is 0 Å². The maximum Gasteiger partial charge on any atom is 0.294 e. The quantitative estimate of drug-likeness (QED) is 0.426. The van der Waals surface area contributed by atoms with Gasteiger partial charge >= 0.3 is 0 Å². The summed E-state index contributed by atoms with van der Waals surface area (Å²) in [6.07, 6.45) is 4.74. The minimum atomic E-state index is -0.404. The molecule has 1 amide bonds. The molecule has 1 aliphatic rings. The van der Waals surface area contributed by atoms with Gasteiger partial charge in [0.2, 0.25) is 11.7 Å². The van der Waals surface area contributed by atoms with E-state index in [2.05, 4.69) is 25.7 Å². The van der Waals surface area contributed by atoms with Crippen molar-refractivity contribution in [3.63, 3.8) is 0 Å². The second-order valence-electron chi connectivity index (χ2n) is 7.05. The predicted octanol–water partition coefficient (Wildman–Crippen LogP) is 5.42. The summed E-state index contributed by atoms with van der Waals surface area (Å²) in [4.78, 5) is 16.7. The number of oxazole rings is 1. The first-order chi connectivity index (χ1) is 15.7. The van der Waals surface area contributed by atoms with Crippen molar-refractivity contribution in [2.24, 2.45) is 10.2 Å². The number of ether oxygens (including phenoxy) is 1. The summed E-state index contributed by atoms with van der Waals surface area (Å²) in [6.45, 7) is 2.23. The first kappa shape index (κ1) is 19.4. The van der Waals surface area contributed by atoms with Gasteiger partial charge in [-0.25, -0.2) is 4.98 Å². The molecule has 0 saturated heterocycles. The van der Waals surface area contributed by atoms with Gasteiger partial charge in [-0.2, -0.15) is 10.2 Å². The summed E-state index contributed by atoms with van der Waals surface area (Å²) in [6, 6.07) is 14.3. The number of nitrogens with one attached hydrogen (secondary N) is 1. The Morgan fingerprint density at radius 1 is 1.12 bits per heavy atom. The van der Waals surface area contributed by atoms with Crippen LogP contribution < -0.4 is 5.32 Å². The minimum Gasteiger partial charge on any atom is -0.495 e. The minimum absolute atomic E-state index is 0.117. The lowest BCUT2D eigenvalue weighted by Gasteiger charge is -2.10. The molecule has 0 fully saturated rings. The molecule has 4 aromatic rings. The molecule has 158 valence electrons. The number of rotatable bonds is 5. The molecule has 1 aliphatic heterocycles. The SMILES string of the molecule is Cc1ccc2nc(C3=C(N=Nc4cccc(NC(=O)c5ccno5)c4)COC=C3)oc2c1. The van der Waals surface area contributed by atoms with Crippen molar-refractivity contribution in [2.45, 2.75) is 6.92 Å². The van der Waals surface area contributed by atoms with Crippen molar-refractivity contribution in [1.29, 1.82) is 0 Å². The molecular formula is C23H17N5O4. The Morgan fingerprint density at radius 3 is 2.94 bits per heavy atom. The van der Waals surface area contributed by atoms with Gasteiger partial charge in [-0.1, -0.05) is 17.3 Å². The number of benzene rings is 2. The molecule has 0 atom stereocenters. The molecule has 0 bridgehead atoms. The fourth-order valence-corrected chi connectivity index (χ4v) is 3.13. The number of amides is 1. The Kier molecular flexibility index (Phi) is 5.04. The number of aryl methyl sites for hydroxylation is 1. The smallest absolute Gasteiger partial charge is 0.294 e. The number of fused-ring (bicyclic) bond motifs is 1. The largest absolute Gasteiger partial charge is 0.495 e. The van der Waals surface area contributed by atoms with Crippen molar-refractivity contribution in [2.75, 3.05) is 11.9 Å². The number of carbonyl (C=O) groups excluding carboxylic acids is 1. The van der Waals surface area contributed by atoms with Crippen LogP contribution in [0.25, 0.3) is 16.7 Å². The van der Waals surface area contributed by atoms with E-state index in [0.717, 1.165) is 11.1 Å². The number of anilines is 1. The lowest BCUT2D eigenvalue weighted by Crippen LogP contribution is -2.10. The summed E-state index contributed by atoms with van der Waals surface area (Å²) >= 11 is 0. The van der Waals surface area contributed by atoms with Gasteiger partial charge < -0.3 is 19.0 Å². The van der Waals surface area contributed by atoms with Crippen LogP contribution in [0.2, 0.25) is 0 Å². The van der Waals surface area contributed by atoms with Crippen molar-refractivity contribution < 1.29 is 18.5 Å². The Balaban J connectivity index is 1.41. The third-order valence-corrected chi connectivity index (χ3v) is 4.69. The van der Waals surface area contributed by atoms with Crippen LogP contribution in [-0.4, -0.2) is 22.7 Å². The van der Waals surface area contributed by atoms with Crippen LogP contribution in [0.1, 0.15) is 22.0 Å². The molecular weight excluding hydrogens is 410 g/mol. The van der Waals surface area contributed by atoms with Crippen LogP contribution in [0.4, 0.5) is 11.4 Å². The van der Waals surface area contributed by atoms with Crippen LogP contribution in [0.5, 0.6) is 0 Å². The molecule has 9 nitrogen and oxygen atoms in total. The van der Waals surface area contributed by atoms with E-state index >= 15 is 0 Å². The van der Waals surface area contributed by atoms with Gasteiger partial charge in [-0.15, -0.1) is 0 Å². The topological polar surface area (TPSA) is 115 Å². The van der Waals surface area contributed by atoms with E-state index in [1.165, 1.54) is 12.3 Å². The van der Waals surface area contributed by atoms with E-state index in [4.69, 9.17) is 13.7 Å². The van der Waals surface area contributed by atoms with Crippen molar-refractivity contribution in [1.82, 2.24) is 10.1 Å². The Hall–Kier alpha value is -4.53. The second-order valence-corrected chi connectivity index (χ2v) is 7.05. The van der Waals surface area contributed by atoms with Gasteiger partial charge in [0.15, 0.2) is 5.58 Å². The summed E-state index contributed by atoms with van der Waals surface area (Å²) in [5.41, 5.74) is 4.94. The number of allylic oxidation sites excluding steroid dienone is 2. The Bertz CT molecular complexity index is 1380. The van der Waals surface area contributed by atoms with Gasteiger partial charge in [0, 0.05) is 11.8 Å². The first-order valence-electron chi connectivity index (χ1n) is 9.78. The highest BCUT2D eigenvalue weighted by Crippen LogP contribution is 2.29. The first-order valence-corrected chi connectivity index (χ1v) is 9.78. The zero-order valence-electron chi connectivity index (χ0n) is 17.0. The van der Waals surface area contributed by atoms with Gasteiger partial charge in [-0.05, 0) is 48.9 Å². The van der Waals surface area contributed by atoms with Crippen molar-refractivity contribution >= 4 is 34.0 Å². The van der Waals surface area contributed by atoms with Crippen LogP contribution in [0, 0.1) is 6.92 Å². The molecule has 0 radical (unpaired) electrons. The molecule has 32 heavy (non-hydrogen) atoms. The molecule has 1 N–H and O–H groups in total. The predicted molar refractivity (Wildman–Crippen MR) is 116 cm³/mol. The normalized spacial score (nSPS) is 13.7. The second kappa shape index (κ2) is 8.31. The number of carbonyl (C=O) groups is 1. The van der Waals surface area contributed by atoms with E-state index < -0.39 is 5.91 Å². The van der Waals surface area contributed by atoms with Crippen molar-refractivity contribution in [3.8, 4) is 0 Å². The van der Waals surface area contributed by atoms with E-state index in [0.29, 0.717) is 34.1 Å². The number of hydrogen-bond acceptors (Lipinski definition) is 8. The summed E-state index contributed by atoms with van der Waals surface area (Å²) in [5, 5.41) is 14.9. The zero-order chi connectivity index (χ0) is 21.9. The average Bonchev–Trinajstić information content (AvgIpc) is 3.48. The number of nitrogens with zero attached hydrogens (tertiary/aromatic N) is 4. The standard InChI is InChI=1S/C23H17N5O4/c1-14-5-6-18-21(11-14)31-23(26-18)17-8-10-30-13-19(17)28-27-16-4-2-3-15(12-16)25-22(29)20-7-9-24-32-20/h2-12H,13H2,1H3,(H,25,29). The molecule has 0 aliphatic carbocycles. The van der Waals surface area contributed by atoms with E-state index in [9.17, 15) is 4.79 Å². The molecule has 0 unspecified atom stereocenters. The maximum atomic E-state index is 12.1. The van der Waals surface area contributed by atoms with Crippen LogP contribution in [-0.2, 0) is 4.74 Å². The summed E-state index contributed by atoms with van der Waals surface area (Å²) in [7, 11) is 0. The van der Waals surface area contributed by atoms with E-state index in [1.807, 2.05) is 25.1 Å². The van der Waals surface area contributed by atoms with Gasteiger partial charge in [0.05, 0.1) is 23.7 Å². The fraction of sp³-hybridized carbons (Fsp3) is 0.0870.